The lowest BCUT2D eigenvalue weighted by Crippen LogP contribution is -2.35. The molecule has 3 N–H and O–H groups in total. The number of H-pyrrole nitrogens is 1. The number of imidazole rings is 1. The first kappa shape index (κ1) is 12.4. The van der Waals surface area contributed by atoms with Crippen molar-refractivity contribution in [2.24, 2.45) is 5.92 Å². The number of fused-ring (bicyclic) bond motifs is 1. The van der Waals surface area contributed by atoms with Gasteiger partial charge >= 0.3 is 5.97 Å². The van der Waals surface area contributed by atoms with Crippen LogP contribution in [0.3, 0.4) is 0 Å². The highest BCUT2D eigenvalue weighted by molar-refractivity contribution is 5.80. The predicted molar refractivity (Wildman–Crippen MR) is 70.6 cm³/mol. The Kier molecular flexibility index (Phi) is 3.50. The number of carbonyl (C=O) groups is 1. The average Bonchev–Trinajstić information content (AvgIpc) is 2.77. The van der Waals surface area contributed by atoms with Crippen LogP contribution in [0, 0.1) is 5.92 Å². The zero-order chi connectivity index (χ0) is 13.1. The summed E-state index contributed by atoms with van der Waals surface area (Å²) in [5.41, 5.74) is 1.72. The molecule has 0 aliphatic rings. The zero-order valence-electron chi connectivity index (χ0n) is 10.5. The Bertz CT molecular complexity index is 517. The van der Waals surface area contributed by atoms with Gasteiger partial charge in [0.1, 0.15) is 6.04 Å². The van der Waals surface area contributed by atoms with Crippen molar-refractivity contribution in [1.29, 1.82) is 0 Å². The van der Waals surface area contributed by atoms with Crippen LogP contribution < -0.4 is 5.32 Å². The lowest BCUT2D eigenvalue weighted by atomic mass is 10.00. The van der Waals surface area contributed by atoms with Gasteiger partial charge in [-0.1, -0.05) is 32.4 Å². The van der Waals surface area contributed by atoms with Crippen molar-refractivity contribution in [3.05, 3.63) is 24.3 Å². The summed E-state index contributed by atoms with van der Waals surface area (Å²) in [6.07, 6.45) is 0.796. The molecule has 2 atom stereocenters. The fraction of sp³-hybridized carbons (Fsp3) is 0.385. The fourth-order valence-corrected chi connectivity index (χ4v) is 1.85. The number of anilines is 1. The largest absolute Gasteiger partial charge is 0.480 e. The van der Waals surface area contributed by atoms with Gasteiger partial charge in [-0.2, -0.15) is 0 Å². The summed E-state index contributed by atoms with van der Waals surface area (Å²) in [4.78, 5) is 18.6. The Hall–Kier alpha value is -2.04. The molecular weight excluding hydrogens is 230 g/mol. The highest BCUT2D eigenvalue weighted by Gasteiger charge is 2.24. The van der Waals surface area contributed by atoms with E-state index in [-0.39, 0.29) is 5.92 Å². The van der Waals surface area contributed by atoms with Gasteiger partial charge in [0.05, 0.1) is 11.0 Å². The summed E-state index contributed by atoms with van der Waals surface area (Å²) in [5.74, 6) is -0.315. The van der Waals surface area contributed by atoms with Crippen molar-refractivity contribution in [3.63, 3.8) is 0 Å². The number of hydrogen-bond donors (Lipinski definition) is 3. The van der Waals surface area contributed by atoms with Crippen LogP contribution in [0.5, 0.6) is 0 Å². The zero-order valence-corrected chi connectivity index (χ0v) is 10.5. The van der Waals surface area contributed by atoms with E-state index in [4.69, 9.17) is 0 Å². The van der Waals surface area contributed by atoms with E-state index in [0.29, 0.717) is 5.95 Å². The van der Waals surface area contributed by atoms with Gasteiger partial charge in [-0.15, -0.1) is 0 Å². The first-order valence-corrected chi connectivity index (χ1v) is 6.06. The van der Waals surface area contributed by atoms with E-state index in [0.717, 1.165) is 17.5 Å². The van der Waals surface area contributed by atoms with Crippen molar-refractivity contribution in [3.8, 4) is 0 Å². The molecule has 2 aromatic rings. The third kappa shape index (κ3) is 2.45. The van der Waals surface area contributed by atoms with Crippen LogP contribution in [-0.2, 0) is 4.79 Å². The van der Waals surface area contributed by atoms with E-state index in [1.165, 1.54) is 0 Å². The van der Waals surface area contributed by atoms with Crippen LogP contribution in [0.15, 0.2) is 24.3 Å². The third-order valence-electron chi connectivity index (χ3n) is 3.16. The smallest absolute Gasteiger partial charge is 0.326 e. The summed E-state index contributed by atoms with van der Waals surface area (Å²) < 4.78 is 0. The summed E-state index contributed by atoms with van der Waals surface area (Å²) in [6, 6.07) is 6.97. The molecule has 0 unspecified atom stereocenters. The second-order valence-electron chi connectivity index (χ2n) is 4.45. The normalized spacial score (nSPS) is 14.3. The molecule has 1 aromatic heterocycles. The quantitative estimate of drug-likeness (QED) is 0.758. The molecule has 0 aliphatic carbocycles. The number of nitrogens with zero attached hydrogens (tertiary/aromatic N) is 1. The number of aliphatic carboxylic acids is 1. The van der Waals surface area contributed by atoms with E-state index in [2.05, 4.69) is 15.3 Å². The summed E-state index contributed by atoms with van der Waals surface area (Å²) in [7, 11) is 0. The number of aromatic amines is 1. The van der Waals surface area contributed by atoms with Crippen molar-refractivity contribution < 1.29 is 9.90 Å². The maximum atomic E-state index is 11.2. The van der Waals surface area contributed by atoms with Crippen molar-refractivity contribution in [2.45, 2.75) is 26.3 Å². The van der Waals surface area contributed by atoms with Crippen LogP contribution in [0.4, 0.5) is 5.95 Å². The Morgan fingerprint density at radius 3 is 2.83 bits per heavy atom. The third-order valence-corrected chi connectivity index (χ3v) is 3.16. The monoisotopic (exact) mass is 247 g/mol. The molecular formula is C13H17N3O2. The Balaban J connectivity index is 2.23. The molecule has 5 heteroatoms. The van der Waals surface area contributed by atoms with Crippen LogP contribution >= 0.6 is 0 Å². The van der Waals surface area contributed by atoms with E-state index in [1.54, 1.807) is 0 Å². The van der Waals surface area contributed by atoms with Crippen molar-refractivity contribution in [1.82, 2.24) is 9.97 Å². The van der Waals surface area contributed by atoms with Gasteiger partial charge in [-0.3, -0.25) is 0 Å². The van der Waals surface area contributed by atoms with E-state index >= 15 is 0 Å². The van der Waals surface area contributed by atoms with Gasteiger partial charge in [-0.05, 0) is 18.1 Å². The number of aromatic nitrogens is 2. The first-order chi connectivity index (χ1) is 8.61. The highest BCUT2D eigenvalue weighted by Crippen LogP contribution is 2.17. The molecule has 5 nitrogen and oxygen atoms in total. The maximum absolute atomic E-state index is 11.2. The lowest BCUT2D eigenvalue weighted by molar-refractivity contribution is -0.139. The molecule has 0 saturated heterocycles. The molecule has 1 heterocycles. The minimum Gasteiger partial charge on any atom is -0.480 e. The molecule has 0 radical (unpaired) electrons. The molecule has 2 rings (SSSR count). The molecule has 0 spiro atoms. The molecule has 0 saturated carbocycles. The van der Waals surface area contributed by atoms with Gasteiger partial charge in [0.2, 0.25) is 5.95 Å². The van der Waals surface area contributed by atoms with E-state index in [9.17, 15) is 9.90 Å². The lowest BCUT2D eigenvalue weighted by Gasteiger charge is -2.19. The molecule has 96 valence electrons. The van der Waals surface area contributed by atoms with Crippen LogP contribution in [0.25, 0.3) is 11.0 Å². The Morgan fingerprint density at radius 1 is 1.50 bits per heavy atom. The number of carboxylic acids is 1. The number of rotatable bonds is 5. The highest BCUT2D eigenvalue weighted by atomic mass is 16.4. The minimum atomic E-state index is -0.857. The Labute approximate surface area is 105 Å². The minimum absolute atomic E-state index is 0.0377. The average molecular weight is 247 g/mol. The predicted octanol–water partition coefficient (Wildman–Crippen LogP) is 2.47. The molecule has 0 amide bonds. The molecule has 0 aliphatic heterocycles. The molecule has 18 heavy (non-hydrogen) atoms. The van der Waals surface area contributed by atoms with Gasteiger partial charge in [0.15, 0.2) is 0 Å². The topological polar surface area (TPSA) is 78.0 Å². The summed E-state index contributed by atoms with van der Waals surface area (Å²) in [5, 5.41) is 12.2. The van der Waals surface area contributed by atoms with Crippen LogP contribution in [0.2, 0.25) is 0 Å². The second-order valence-corrected chi connectivity index (χ2v) is 4.45. The number of benzene rings is 1. The fourth-order valence-electron chi connectivity index (χ4n) is 1.85. The van der Waals surface area contributed by atoms with Gasteiger partial charge in [0, 0.05) is 0 Å². The standard InChI is InChI=1S/C13H17N3O2/c1-3-8(2)11(12(17)18)16-13-14-9-6-4-5-7-10(9)15-13/h4-8,11H,3H2,1-2H3,(H,17,18)(H2,14,15,16)/t8-,11-/m0/s1. The number of hydrogen-bond acceptors (Lipinski definition) is 3. The molecule has 1 aromatic carbocycles. The molecule has 0 bridgehead atoms. The molecule has 0 fully saturated rings. The van der Waals surface area contributed by atoms with Gasteiger partial charge in [-0.25, -0.2) is 9.78 Å². The van der Waals surface area contributed by atoms with E-state index in [1.807, 2.05) is 38.1 Å². The second kappa shape index (κ2) is 5.08. The van der Waals surface area contributed by atoms with E-state index < -0.39 is 12.0 Å². The van der Waals surface area contributed by atoms with Gasteiger partial charge in [0.25, 0.3) is 0 Å². The number of nitrogens with one attached hydrogen (secondary N) is 2. The maximum Gasteiger partial charge on any atom is 0.326 e. The van der Waals surface area contributed by atoms with Crippen molar-refractivity contribution in [2.75, 3.05) is 5.32 Å². The SMILES string of the molecule is CC[C@H](C)[C@H](Nc1nc2ccccc2[nH]1)C(=O)O. The first-order valence-electron chi connectivity index (χ1n) is 6.06. The van der Waals surface area contributed by atoms with Crippen LogP contribution in [-0.4, -0.2) is 27.1 Å². The summed E-state index contributed by atoms with van der Waals surface area (Å²) >= 11 is 0. The van der Waals surface area contributed by atoms with Gasteiger partial charge < -0.3 is 15.4 Å². The summed E-state index contributed by atoms with van der Waals surface area (Å²) in [6.45, 7) is 3.88. The Morgan fingerprint density at radius 2 is 2.22 bits per heavy atom. The number of carboxylic acid groups (broad SMARTS) is 1. The number of para-hydroxylation sites is 2. The van der Waals surface area contributed by atoms with Crippen LogP contribution in [0.1, 0.15) is 20.3 Å². The van der Waals surface area contributed by atoms with Crippen molar-refractivity contribution >= 4 is 23.0 Å².